The van der Waals surface area contributed by atoms with Crippen molar-refractivity contribution in [3.05, 3.63) is 78.8 Å². The smallest absolute Gasteiger partial charge is 0.291 e. The highest BCUT2D eigenvalue weighted by Gasteiger charge is 2.52. The van der Waals surface area contributed by atoms with Crippen molar-refractivity contribution in [2.45, 2.75) is 35.3 Å². The van der Waals surface area contributed by atoms with Gasteiger partial charge in [-0.15, -0.1) is 0 Å². The molecule has 0 bridgehead atoms. The first kappa shape index (κ1) is 20.9. The molecule has 0 unspecified atom stereocenters. The van der Waals surface area contributed by atoms with Gasteiger partial charge in [-0.2, -0.15) is 0 Å². The molecule has 1 saturated carbocycles. The molecule has 2 aromatic carbocycles. The number of benzene rings is 2. The third-order valence-electron chi connectivity index (χ3n) is 5.52. The lowest BCUT2D eigenvalue weighted by atomic mass is 10.1. The lowest BCUT2D eigenvalue weighted by molar-refractivity contribution is -0.118. The summed E-state index contributed by atoms with van der Waals surface area (Å²) in [6.45, 7) is 0. The van der Waals surface area contributed by atoms with Gasteiger partial charge in [-0.1, -0.05) is 37.1 Å². The van der Waals surface area contributed by atoms with E-state index < -0.39 is 26.4 Å². The monoisotopic (exact) mass is 438 g/mol. The third kappa shape index (κ3) is 3.98. The first-order valence-electron chi connectivity index (χ1n) is 9.98. The van der Waals surface area contributed by atoms with Gasteiger partial charge in [0.05, 0.1) is 11.2 Å². The van der Waals surface area contributed by atoms with Crippen molar-refractivity contribution < 1.29 is 22.4 Å². The number of nitrogens with one attached hydrogen (secondary N) is 2. The van der Waals surface area contributed by atoms with Crippen LogP contribution in [0.4, 0.5) is 11.4 Å². The van der Waals surface area contributed by atoms with Crippen molar-refractivity contribution in [3.63, 3.8) is 0 Å². The highest BCUT2D eigenvalue weighted by atomic mass is 32.2. The summed E-state index contributed by atoms with van der Waals surface area (Å²) in [7, 11) is -3.87. The summed E-state index contributed by atoms with van der Waals surface area (Å²) in [5.41, 5.74) is 0.849. The molecule has 160 valence electrons. The Kier molecular flexibility index (Phi) is 5.65. The molecule has 0 aliphatic heterocycles. The molecule has 1 aliphatic rings. The Morgan fingerprint density at radius 3 is 2.16 bits per heavy atom. The molecular formula is C23H22N2O5S. The Bertz CT molecular complexity index is 1180. The summed E-state index contributed by atoms with van der Waals surface area (Å²) in [5.74, 6) is -0.816. The minimum Gasteiger partial charge on any atom is -0.459 e. The maximum atomic E-state index is 13.4. The van der Waals surface area contributed by atoms with Gasteiger partial charge in [0.25, 0.3) is 5.91 Å². The van der Waals surface area contributed by atoms with Gasteiger partial charge in [0, 0.05) is 11.4 Å². The van der Waals surface area contributed by atoms with Crippen LogP contribution in [-0.2, 0) is 14.6 Å². The third-order valence-corrected chi connectivity index (χ3v) is 8.03. The van der Waals surface area contributed by atoms with Crippen LogP contribution in [0.5, 0.6) is 0 Å². The van der Waals surface area contributed by atoms with Crippen molar-refractivity contribution in [3.8, 4) is 0 Å². The molecule has 1 fully saturated rings. The number of carbonyl (C=O) groups is 2. The summed E-state index contributed by atoms with van der Waals surface area (Å²) in [4.78, 5) is 25.6. The van der Waals surface area contributed by atoms with Crippen molar-refractivity contribution in [1.29, 1.82) is 0 Å². The number of hydrogen-bond donors (Lipinski definition) is 2. The predicted molar refractivity (Wildman–Crippen MR) is 117 cm³/mol. The average Bonchev–Trinajstić information content (AvgIpc) is 3.48. The molecule has 0 atom stereocenters. The minimum absolute atomic E-state index is 0.145. The molecule has 1 heterocycles. The fraction of sp³-hybridized carbons (Fsp3) is 0.217. The molecule has 8 heteroatoms. The number of amides is 2. The van der Waals surface area contributed by atoms with Crippen molar-refractivity contribution >= 4 is 33.0 Å². The van der Waals surface area contributed by atoms with Crippen LogP contribution < -0.4 is 10.6 Å². The summed E-state index contributed by atoms with van der Waals surface area (Å²) >= 11 is 0. The molecule has 0 saturated heterocycles. The molecule has 2 amide bonds. The maximum Gasteiger partial charge on any atom is 0.291 e. The topological polar surface area (TPSA) is 105 Å². The number of sulfone groups is 1. The average molecular weight is 439 g/mol. The van der Waals surface area contributed by atoms with Gasteiger partial charge in [-0.25, -0.2) is 8.42 Å². The van der Waals surface area contributed by atoms with E-state index in [0.29, 0.717) is 24.2 Å². The SMILES string of the molecule is O=C(Nc1cccc(NC(=O)C2(S(=O)(=O)c3ccccc3)CCCC2)c1)c1ccco1. The van der Waals surface area contributed by atoms with E-state index in [1.165, 1.54) is 18.4 Å². The lowest BCUT2D eigenvalue weighted by Crippen LogP contribution is -2.47. The molecular weight excluding hydrogens is 416 g/mol. The number of rotatable bonds is 6. The van der Waals surface area contributed by atoms with Crippen LogP contribution in [0, 0.1) is 0 Å². The molecule has 0 spiro atoms. The molecule has 1 aliphatic carbocycles. The van der Waals surface area contributed by atoms with Gasteiger partial charge >= 0.3 is 0 Å². The Labute approximate surface area is 180 Å². The molecule has 7 nitrogen and oxygen atoms in total. The second kappa shape index (κ2) is 8.39. The zero-order chi connectivity index (χ0) is 21.9. The zero-order valence-corrected chi connectivity index (χ0v) is 17.5. The van der Waals surface area contributed by atoms with E-state index in [1.807, 2.05) is 0 Å². The maximum absolute atomic E-state index is 13.4. The molecule has 31 heavy (non-hydrogen) atoms. The number of furan rings is 1. The molecule has 4 rings (SSSR count). The predicted octanol–water partition coefficient (Wildman–Crippen LogP) is 4.26. The van der Waals surface area contributed by atoms with Crippen LogP contribution in [0.2, 0.25) is 0 Å². The van der Waals surface area contributed by atoms with E-state index in [0.717, 1.165) is 0 Å². The Hall–Kier alpha value is -3.39. The van der Waals surface area contributed by atoms with E-state index in [4.69, 9.17) is 4.42 Å². The second-order valence-corrected chi connectivity index (χ2v) is 9.74. The number of carbonyl (C=O) groups excluding carboxylic acids is 2. The van der Waals surface area contributed by atoms with Gasteiger partial charge in [-0.05, 0) is 55.3 Å². The summed E-state index contributed by atoms with van der Waals surface area (Å²) in [5, 5.41) is 5.45. The first-order valence-corrected chi connectivity index (χ1v) is 11.5. The molecule has 0 radical (unpaired) electrons. The summed E-state index contributed by atoms with van der Waals surface area (Å²) in [6.07, 6.45) is 3.27. The largest absolute Gasteiger partial charge is 0.459 e. The number of anilines is 2. The lowest BCUT2D eigenvalue weighted by Gasteiger charge is -2.27. The van der Waals surface area contributed by atoms with Crippen molar-refractivity contribution in [2.24, 2.45) is 0 Å². The van der Waals surface area contributed by atoms with E-state index >= 15 is 0 Å². The van der Waals surface area contributed by atoms with Gasteiger partial charge in [0.2, 0.25) is 5.91 Å². The van der Waals surface area contributed by atoms with Crippen LogP contribution >= 0.6 is 0 Å². The van der Waals surface area contributed by atoms with Gasteiger partial charge in [0.15, 0.2) is 20.3 Å². The highest BCUT2D eigenvalue weighted by Crippen LogP contribution is 2.41. The Balaban J connectivity index is 1.57. The van der Waals surface area contributed by atoms with Crippen LogP contribution in [0.3, 0.4) is 0 Å². The fourth-order valence-electron chi connectivity index (χ4n) is 3.91. The highest BCUT2D eigenvalue weighted by molar-refractivity contribution is 7.93. The van der Waals surface area contributed by atoms with E-state index in [9.17, 15) is 18.0 Å². The van der Waals surface area contributed by atoms with E-state index in [1.54, 1.807) is 54.6 Å². The Morgan fingerprint density at radius 1 is 0.839 bits per heavy atom. The fourth-order valence-corrected chi connectivity index (χ4v) is 6.00. The van der Waals surface area contributed by atoms with E-state index in [-0.39, 0.29) is 23.5 Å². The summed E-state index contributed by atoms with van der Waals surface area (Å²) < 4.78 is 30.4. The summed E-state index contributed by atoms with van der Waals surface area (Å²) in [6, 6.07) is 17.8. The molecule has 3 aromatic rings. The van der Waals surface area contributed by atoms with Crippen molar-refractivity contribution in [2.75, 3.05) is 10.6 Å². The molecule has 2 N–H and O–H groups in total. The van der Waals surface area contributed by atoms with Crippen LogP contribution in [-0.4, -0.2) is 25.0 Å². The van der Waals surface area contributed by atoms with Crippen LogP contribution in [0.1, 0.15) is 36.2 Å². The number of hydrogen-bond acceptors (Lipinski definition) is 5. The van der Waals surface area contributed by atoms with Gasteiger partial charge in [-0.3, -0.25) is 9.59 Å². The van der Waals surface area contributed by atoms with Crippen molar-refractivity contribution in [1.82, 2.24) is 0 Å². The van der Waals surface area contributed by atoms with E-state index in [2.05, 4.69) is 10.6 Å². The Morgan fingerprint density at radius 2 is 1.52 bits per heavy atom. The normalized spacial score (nSPS) is 15.4. The standard InChI is InChI=1S/C23H22N2O5S/c26-21(20-12-7-15-30-20)24-17-8-6-9-18(16-17)25-22(27)23(13-4-5-14-23)31(28,29)19-10-2-1-3-11-19/h1-3,6-12,15-16H,4-5,13-14H2,(H,24,26)(H,25,27). The second-order valence-electron chi connectivity index (χ2n) is 7.48. The minimum atomic E-state index is -3.87. The van der Waals surface area contributed by atoms with Gasteiger partial charge in [0.1, 0.15) is 0 Å². The van der Waals surface area contributed by atoms with Crippen LogP contribution in [0.25, 0.3) is 0 Å². The molecule has 1 aromatic heterocycles. The zero-order valence-electron chi connectivity index (χ0n) is 16.7. The first-order chi connectivity index (χ1) is 14.9. The van der Waals surface area contributed by atoms with Crippen LogP contribution in [0.15, 0.2) is 82.3 Å². The quantitative estimate of drug-likeness (QED) is 0.598. The van der Waals surface area contributed by atoms with Gasteiger partial charge < -0.3 is 15.1 Å².